The van der Waals surface area contributed by atoms with Crippen LogP contribution in [0.5, 0.6) is 0 Å². The van der Waals surface area contributed by atoms with Crippen LogP contribution in [0.25, 0.3) is 0 Å². The number of pyridine rings is 1. The normalized spacial score (nSPS) is 18.9. The maximum Gasteiger partial charge on any atom is 0.356 e. The predicted molar refractivity (Wildman–Crippen MR) is 76.3 cm³/mol. The molecule has 1 aliphatic rings. The van der Waals surface area contributed by atoms with Crippen molar-refractivity contribution in [3.8, 4) is 0 Å². The first-order chi connectivity index (χ1) is 10.2. The summed E-state index contributed by atoms with van der Waals surface area (Å²) in [7, 11) is 0. The lowest BCUT2D eigenvalue weighted by Gasteiger charge is -2.30. The van der Waals surface area contributed by atoms with Gasteiger partial charge < -0.3 is 0 Å². The molecule has 0 radical (unpaired) electrons. The molecule has 9 heteroatoms. The molecule has 21 heavy (non-hydrogen) atoms. The van der Waals surface area contributed by atoms with Crippen LogP contribution in [-0.4, -0.2) is 46.9 Å². The Hall–Kier alpha value is -2.65. The molecule has 0 bridgehead atoms. The highest BCUT2D eigenvalue weighted by atomic mass is 16.2. The van der Waals surface area contributed by atoms with E-state index in [-0.39, 0.29) is 0 Å². The summed E-state index contributed by atoms with van der Waals surface area (Å²) in [6.07, 6.45) is 2.96. The molecule has 9 nitrogen and oxygen atoms in total. The van der Waals surface area contributed by atoms with Gasteiger partial charge in [0.15, 0.2) is 12.5 Å². The molecular weight excluding hydrogens is 274 g/mol. The van der Waals surface area contributed by atoms with Crippen molar-refractivity contribution < 1.29 is 9.59 Å². The van der Waals surface area contributed by atoms with Crippen molar-refractivity contribution in [2.75, 3.05) is 6.54 Å². The fourth-order valence-electron chi connectivity index (χ4n) is 1.57. The number of amides is 2. The van der Waals surface area contributed by atoms with E-state index in [0.29, 0.717) is 18.5 Å². The molecule has 2 rings (SSSR count). The van der Waals surface area contributed by atoms with Crippen molar-refractivity contribution in [3.05, 3.63) is 30.1 Å². The van der Waals surface area contributed by atoms with Gasteiger partial charge in [-0.3, -0.25) is 20.6 Å². The number of aldehydes is 1. The monoisotopic (exact) mass is 289 g/mol. The maximum atomic E-state index is 11.6. The van der Waals surface area contributed by atoms with Crippen LogP contribution < -0.4 is 16.4 Å². The van der Waals surface area contributed by atoms with Crippen molar-refractivity contribution in [2.24, 2.45) is 10.1 Å². The number of urea groups is 1. The van der Waals surface area contributed by atoms with Crippen LogP contribution in [0.4, 0.5) is 4.79 Å². The van der Waals surface area contributed by atoms with Gasteiger partial charge in [-0.2, -0.15) is 20.6 Å². The highest BCUT2D eigenvalue weighted by molar-refractivity contribution is 5.89. The lowest BCUT2D eigenvalue weighted by atomic mass is 10.3. The Morgan fingerprint density at radius 3 is 3.14 bits per heavy atom. The first-order valence-corrected chi connectivity index (χ1v) is 6.20. The minimum Gasteiger partial charge on any atom is -0.299 e. The molecule has 2 amide bonds. The molecular formula is C12H15N7O2. The van der Waals surface area contributed by atoms with Crippen LogP contribution in [-0.2, 0) is 4.79 Å². The minimum atomic E-state index is -0.659. The number of hydrazine groups is 2. The minimum absolute atomic E-state index is 0.390. The largest absolute Gasteiger partial charge is 0.356 e. The van der Waals surface area contributed by atoms with E-state index in [1.807, 2.05) is 0 Å². The molecule has 1 aliphatic heterocycles. The topological polar surface area (TPSA) is 111 Å². The van der Waals surface area contributed by atoms with Crippen molar-refractivity contribution >= 4 is 24.2 Å². The summed E-state index contributed by atoms with van der Waals surface area (Å²) in [6, 6.07) is 4.68. The van der Waals surface area contributed by atoms with Gasteiger partial charge in [0.05, 0.1) is 24.2 Å². The smallest absolute Gasteiger partial charge is 0.299 e. The molecule has 110 valence electrons. The highest BCUT2D eigenvalue weighted by Crippen LogP contribution is 1.96. The summed E-state index contributed by atoms with van der Waals surface area (Å²) in [4.78, 5) is 30.1. The van der Waals surface area contributed by atoms with E-state index >= 15 is 0 Å². The second kappa shape index (κ2) is 7.22. The Morgan fingerprint density at radius 2 is 2.43 bits per heavy atom. The number of hydrogen-bond donors (Lipinski definition) is 3. The van der Waals surface area contributed by atoms with Crippen LogP contribution >= 0.6 is 0 Å². The predicted octanol–water partition coefficient (Wildman–Crippen LogP) is -0.564. The first-order valence-electron chi connectivity index (χ1n) is 6.20. The van der Waals surface area contributed by atoms with Crippen LogP contribution in [0.15, 0.2) is 34.5 Å². The Kier molecular flexibility index (Phi) is 5.07. The zero-order valence-corrected chi connectivity index (χ0v) is 11.4. The molecule has 3 N–H and O–H groups in total. The SMILES string of the molecule is CC1=NNC(C=O)N(NNC(=O)N=Cc2ccccn2)C1. The second-order valence-electron chi connectivity index (χ2n) is 4.24. The van der Waals surface area contributed by atoms with Gasteiger partial charge in [-0.25, -0.2) is 4.79 Å². The van der Waals surface area contributed by atoms with Gasteiger partial charge in [-0.1, -0.05) is 6.07 Å². The fourth-order valence-corrected chi connectivity index (χ4v) is 1.57. The number of hydrogen-bond acceptors (Lipinski definition) is 7. The molecule has 1 aromatic rings. The van der Waals surface area contributed by atoms with Crippen molar-refractivity contribution in [3.63, 3.8) is 0 Å². The molecule has 1 atom stereocenters. The van der Waals surface area contributed by atoms with Crippen LogP contribution in [0.3, 0.4) is 0 Å². The maximum absolute atomic E-state index is 11.6. The average molecular weight is 289 g/mol. The van der Waals surface area contributed by atoms with Crippen molar-refractivity contribution in [1.82, 2.24) is 26.4 Å². The van der Waals surface area contributed by atoms with Gasteiger partial charge in [0, 0.05) is 6.20 Å². The molecule has 0 aromatic carbocycles. The van der Waals surface area contributed by atoms with Gasteiger partial charge in [-0.15, -0.1) is 0 Å². The second-order valence-corrected chi connectivity index (χ2v) is 4.24. The first kappa shape index (κ1) is 14.8. The van der Waals surface area contributed by atoms with Crippen molar-refractivity contribution in [1.29, 1.82) is 0 Å². The lowest BCUT2D eigenvalue weighted by molar-refractivity contribution is -0.115. The van der Waals surface area contributed by atoms with Gasteiger partial charge in [0.2, 0.25) is 0 Å². The molecule has 0 spiro atoms. The van der Waals surface area contributed by atoms with Crippen molar-refractivity contribution in [2.45, 2.75) is 13.1 Å². The Labute approximate surface area is 121 Å². The Morgan fingerprint density at radius 1 is 1.57 bits per heavy atom. The summed E-state index contributed by atoms with van der Waals surface area (Å²) in [6.45, 7) is 2.18. The number of carbonyl (C=O) groups is 2. The van der Waals surface area contributed by atoms with E-state index in [9.17, 15) is 9.59 Å². The van der Waals surface area contributed by atoms with Gasteiger partial charge in [-0.05, 0) is 19.1 Å². The zero-order chi connectivity index (χ0) is 15.1. The van der Waals surface area contributed by atoms with Crippen LogP contribution in [0.1, 0.15) is 12.6 Å². The third-order valence-corrected chi connectivity index (χ3v) is 2.56. The number of hydrazone groups is 1. The molecule has 0 saturated carbocycles. The number of rotatable bonds is 4. The quantitative estimate of drug-likeness (QED) is 0.389. The molecule has 1 aromatic heterocycles. The number of nitrogens with zero attached hydrogens (tertiary/aromatic N) is 4. The molecule has 2 heterocycles. The van der Waals surface area contributed by atoms with Crippen LogP contribution in [0.2, 0.25) is 0 Å². The highest BCUT2D eigenvalue weighted by Gasteiger charge is 2.21. The van der Waals surface area contributed by atoms with Gasteiger partial charge in [0.1, 0.15) is 0 Å². The molecule has 1 unspecified atom stereocenters. The number of aromatic nitrogens is 1. The Balaban J connectivity index is 1.85. The third-order valence-electron chi connectivity index (χ3n) is 2.56. The zero-order valence-electron chi connectivity index (χ0n) is 11.4. The summed E-state index contributed by atoms with van der Waals surface area (Å²) in [5.41, 5.74) is 8.95. The van der Waals surface area contributed by atoms with E-state index < -0.39 is 12.2 Å². The van der Waals surface area contributed by atoms with E-state index in [1.165, 1.54) is 11.2 Å². The fraction of sp³-hybridized carbons (Fsp3) is 0.250. The van der Waals surface area contributed by atoms with E-state index in [1.54, 1.807) is 31.3 Å². The number of aliphatic imine (C=N–C) groups is 1. The molecule has 0 aliphatic carbocycles. The third kappa shape index (κ3) is 4.44. The summed E-state index contributed by atoms with van der Waals surface area (Å²) >= 11 is 0. The number of carbonyl (C=O) groups excluding carboxylic acids is 2. The Bertz CT molecular complexity index is 558. The summed E-state index contributed by atoms with van der Waals surface area (Å²) in [5, 5.41) is 5.43. The summed E-state index contributed by atoms with van der Waals surface area (Å²) in [5.74, 6) is 0. The summed E-state index contributed by atoms with van der Waals surface area (Å²) < 4.78 is 0. The van der Waals surface area contributed by atoms with E-state index in [0.717, 1.165) is 5.71 Å². The molecule has 0 saturated heterocycles. The number of nitrogens with one attached hydrogen (secondary N) is 3. The van der Waals surface area contributed by atoms with Crippen LogP contribution in [0, 0.1) is 0 Å². The average Bonchev–Trinajstić information content (AvgIpc) is 2.52. The van der Waals surface area contributed by atoms with E-state index in [2.05, 4.69) is 31.5 Å². The molecule has 0 fully saturated rings. The van der Waals surface area contributed by atoms with E-state index in [4.69, 9.17) is 0 Å². The van der Waals surface area contributed by atoms with Gasteiger partial charge in [0.25, 0.3) is 0 Å². The lowest BCUT2D eigenvalue weighted by Crippen LogP contribution is -2.61. The van der Waals surface area contributed by atoms with Gasteiger partial charge >= 0.3 is 6.03 Å². The standard InChI is InChI=1S/C12H15N7O2/c1-9-7-19(11(8-20)16-15-9)18-17-12(21)14-6-10-4-2-3-5-13-10/h2-6,8,11,16,18H,7H2,1H3,(H,17,21).